The zero-order valence-corrected chi connectivity index (χ0v) is 16.6. The molecule has 146 valence electrons. The molecule has 2 aromatic rings. The average molecular weight is 400 g/mol. The Hall–Kier alpha value is -2.54. The minimum atomic E-state index is -1.08. The molecule has 0 saturated carbocycles. The highest BCUT2D eigenvalue weighted by Crippen LogP contribution is 2.55. The number of carbonyl (C=O) groups is 2. The molecular formula is C21H21FN2O3S. The van der Waals surface area contributed by atoms with Crippen molar-refractivity contribution in [1.29, 1.82) is 0 Å². The summed E-state index contributed by atoms with van der Waals surface area (Å²) in [5, 5.41) is 0. The third kappa shape index (κ3) is 2.76. The van der Waals surface area contributed by atoms with E-state index in [0.717, 1.165) is 11.3 Å². The van der Waals surface area contributed by atoms with E-state index in [1.165, 1.54) is 23.9 Å². The van der Waals surface area contributed by atoms with E-state index in [-0.39, 0.29) is 24.2 Å². The number of methoxy groups -OCH3 is 1. The largest absolute Gasteiger partial charge is 0.497 e. The molecule has 7 heteroatoms. The maximum Gasteiger partial charge on any atom is 0.268 e. The Morgan fingerprint density at radius 2 is 2.11 bits per heavy atom. The lowest BCUT2D eigenvalue weighted by Gasteiger charge is -2.33. The Labute approximate surface area is 167 Å². The lowest BCUT2D eigenvalue weighted by molar-refractivity contribution is -0.139. The van der Waals surface area contributed by atoms with Gasteiger partial charge in [-0.15, -0.1) is 11.8 Å². The van der Waals surface area contributed by atoms with E-state index in [2.05, 4.69) is 0 Å². The first-order valence-electron chi connectivity index (χ1n) is 9.20. The summed E-state index contributed by atoms with van der Waals surface area (Å²) in [6.07, 6.45) is 0.332. The number of nitrogens with zero attached hydrogens (tertiary/aromatic N) is 2. The molecule has 5 nitrogen and oxygen atoms in total. The molecule has 2 amide bonds. The zero-order valence-electron chi connectivity index (χ0n) is 15.8. The van der Waals surface area contributed by atoms with Crippen molar-refractivity contribution in [3.8, 4) is 5.75 Å². The molecule has 28 heavy (non-hydrogen) atoms. The highest BCUT2D eigenvalue weighted by Gasteiger charge is 2.59. The monoisotopic (exact) mass is 400 g/mol. The normalized spacial score (nSPS) is 20.8. The second-order valence-corrected chi connectivity index (χ2v) is 8.08. The summed E-state index contributed by atoms with van der Waals surface area (Å²) in [7, 11) is 1.58. The minimum absolute atomic E-state index is 0.0558. The Bertz CT molecular complexity index is 951. The fraction of sp³-hybridized carbons (Fsp3) is 0.333. The molecule has 2 aliphatic heterocycles. The van der Waals surface area contributed by atoms with Crippen LogP contribution in [0, 0.1) is 5.82 Å². The summed E-state index contributed by atoms with van der Waals surface area (Å²) in [5.74, 6) is 0.757. The Morgan fingerprint density at radius 1 is 1.29 bits per heavy atom. The third-order valence-corrected chi connectivity index (χ3v) is 6.65. The van der Waals surface area contributed by atoms with Crippen molar-refractivity contribution in [2.24, 2.45) is 0 Å². The van der Waals surface area contributed by atoms with Crippen LogP contribution in [0.5, 0.6) is 5.75 Å². The lowest BCUT2D eigenvalue weighted by atomic mass is 10.0. The van der Waals surface area contributed by atoms with E-state index in [1.54, 1.807) is 42.0 Å². The molecule has 0 bridgehead atoms. The Balaban J connectivity index is 1.83. The van der Waals surface area contributed by atoms with E-state index in [0.29, 0.717) is 30.0 Å². The standard InChI is InChI=1S/C21H21FN2O3S/c1-3-19(25)24-9-10-28-21(24)17-12-16(27-2)7-8-18(17)23(20(21)26)13-14-5-4-6-15(22)11-14/h4-8,11-12H,3,9-10,13H2,1-2H3. The van der Waals surface area contributed by atoms with Gasteiger partial charge in [0.2, 0.25) is 5.91 Å². The first-order chi connectivity index (χ1) is 13.5. The Kier molecular flexibility index (Phi) is 4.79. The fourth-order valence-corrected chi connectivity index (χ4v) is 5.41. The van der Waals surface area contributed by atoms with Crippen LogP contribution >= 0.6 is 11.8 Å². The van der Waals surface area contributed by atoms with Gasteiger partial charge in [0.05, 0.1) is 19.3 Å². The van der Waals surface area contributed by atoms with Crippen molar-refractivity contribution in [2.75, 3.05) is 24.3 Å². The van der Waals surface area contributed by atoms with Gasteiger partial charge in [0.25, 0.3) is 5.91 Å². The first kappa shape index (κ1) is 18.8. The van der Waals surface area contributed by atoms with Crippen molar-refractivity contribution >= 4 is 29.3 Å². The number of halogens is 1. The summed E-state index contributed by atoms with van der Waals surface area (Å²) in [6.45, 7) is 2.56. The second-order valence-electron chi connectivity index (χ2n) is 6.80. The van der Waals surface area contributed by atoms with Gasteiger partial charge in [-0.05, 0) is 35.9 Å². The fourth-order valence-electron chi connectivity index (χ4n) is 3.94. The average Bonchev–Trinajstić information content (AvgIpc) is 3.24. The maximum atomic E-state index is 13.7. The Morgan fingerprint density at radius 3 is 2.82 bits per heavy atom. The minimum Gasteiger partial charge on any atom is -0.497 e. The SMILES string of the molecule is CCC(=O)N1CCSC12C(=O)N(Cc1cccc(F)c1)c1ccc(OC)cc12. The highest BCUT2D eigenvalue weighted by molar-refractivity contribution is 8.01. The molecule has 2 aromatic carbocycles. The van der Waals surface area contributed by atoms with Gasteiger partial charge >= 0.3 is 0 Å². The number of benzene rings is 2. The molecule has 1 unspecified atom stereocenters. The number of thioether (sulfide) groups is 1. The second kappa shape index (κ2) is 7.13. The number of carbonyl (C=O) groups excluding carboxylic acids is 2. The number of ether oxygens (including phenoxy) is 1. The number of hydrogen-bond donors (Lipinski definition) is 0. The third-order valence-electron chi connectivity index (χ3n) is 5.23. The van der Waals surface area contributed by atoms with Crippen LogP contribution in [0.25, 0.3) is 0 Å². The van der Waals surface area contributed by atoms with Crippen LogP contribution < -0.4 is 9.64 Å². The van der Waals surface area contributed by atoms with Gasteiger partial charge in [-0.2, -0.15) is 0 Å². The van der Waals surface area contributed by atoms with Gasteiger partial charge in [-0.3, -0.25) is 9.59 Å². The van der Waals surface area contributed by atoms with E-state index in [4.69, 9.17) is 4.74 Å². The highest BCUT2D eigenvalue weighted by atomic mass is 32.2. The summed E-state index contributed by atoms with van der Waals surface area (Å²) in [4.78, 5) is 28.6. The van der Waals surface area contributed by atoms with Crippen LogP contribution in [0.3, 0.4) is 0 Å². The van der Waals surface area contributed by atoms with Crippen molar-refractivity contribution in [2.45, 2.75) is 24.8 Å². The molecule has 2 aliphatic rings. The summed E-state index contributed by atoms with van der Waals surface area (Å²) in [5.41, 5.74) is 2.19. The van der Waals surface area contributed by atoms with Crippen LogP contribution in [0.4, 0.5) is 10.1 Å². The van der Waals surface area contributed by atoms with Gasteiger partial charge in [-0.1, -0.05) is 19.1 Å². The molecule has 0 aromatic heterocycles. The van der Waals surface area contributed by atoms with Crippen LogP contribution in [0.1, 0.15) is 24.5 Å². The molecule has 1 saturated heterocycles. The molecular weight excluding hydrogens is 379 g/mol. The van der Waals surface area contributed by atoms with Crippen LogP contribution in [0.2, 0.25) is 0 Å². The predicted molar refractivity (Wildman–Crippen MR) is 107 cm³/mol. The summed E-state index contributed by atoms with van der Waals surface area (Å²) >= 11 is 1.48. The van der Waals surface area contributed by atoms with Crippen LogP contribution in [0.15, 0.2) is 42.5 Å². The topological polar surface area (TPSA) is 49.9 Å². The first-order valence-corrected chi connectivity index (χ1v) is 10.2. The van der Waals surface area contributed by atoms with Gasteiger partial charge in [0.1, 0.15) is 11.6 Å². The number of amides is 2. The zero-order chi connectivity index (χ0) is 19.9. The van der Waals surface area contributed by atoms with Crippen LogP contribution in [-0.2, 0) is 21.0 Å². The molecule has 1 atom stereocenters. The van der Waals surface area contributed by atoms with Gasteiger partial charge in [-0.25, -0.2) is 4.39 Å². The predicted octanol–water partition coefficient (Wildman–Crippen LogP) is 3.52. The van der Waals surface area contributed by atoms with Gasteiger partial charge in [0.15, 0.2) is 4.87 Å². The van der Waals surface area contributed by atoms with E-state index < -0.39 is 4.87 Å². The van der Waals surface area contributed by atoms with Crippen molar-refractivity contribution in [1.82, 2.24) is 4.90 Å². The quantitative estimate of drug-likeness (QED) is 0.788. The molecule has 4 rings (SSSR count). The molecule has 0 N–H and O–H groups in total. The number of fused-ring (bicyclic) bond motifs is 2. The molecule has 2 heterocycles. The lowest BCUT2D eigenvalue weighted by Crippen LogP contribution is -2.50. The summed E-state index contributed by atoms with van der Waals surface area (Å²) in [6, 6.07) is 11.7. The smallest absolute Gasteiger partial charge is 0.268 e. The number of rotatable bonds is 4. The number of hydrogen-bond acceptors (Lipinski definition) is 4. The molecule has 0 radical (unpaired) electrons. The molecule has 1 spiro atoms. The van der Waals surface area contributed by atoms with Crippen molar-refractivity contribution in [3.63, 3.8) is 0 Å². The van der Waals surface area contributed by atoms with E-state index in [9.17, 15) is 14.0 Å². The van der Waals surface area contributed by atoms with Gasteiger partial charge < -0.3 is 14.5 Å². The maximum absolute atomic E-state index is 13.7. The number of anilines is 1. The van der Waals surface area contributed by atoms with E-state index >= 15 is 0 Å². The van der Waals surface area contributed by atoms with Gasteiger partial charge in [0, 0.05) is 24.3 Å². The van der Waals surface area contributed by atoms with Crippen molar-refractivity contribution < 1.29 is 18.7 Å². The molecule has 1 fully saturated rings. The molecule has 0 aliphatic carbocycles. The van der Waals surface area contributed by atoms with Crippen LogP contribution in [-0.4, -0.2) is 36.1 Å². The van der Waals surface area contributed by atoms with Crippen molar-refractivity contribution in [3.05, 3.63) is 59.4 Å². The van der Waals surface area contributed by atoms with E-state index in [1.807, 2.05) is 12.1 Å². The summed E-state index contributed by atoms with van der Waals surface area (Å²) < 4.78 is 19.0.